The van der Waals surface area contributed by atoms with Crippen LogP contribution in [-0.4, -0.2) is 49.3 Å². The number of amides is 2. The minimum Gasteiger partial charge on any atom is -0.455 e. The quantitative estimate of drug-likeness (QED) is 0.816. The summed E-state index contributed by atoms with van der Waals surface area (Å²) in [6.07, 6.45) is -0.500. The summed E-state index contributed by atoms with van der Waals surface area (Å²) >= 11 is 3.31. The molecule has 8 heteroatoms. The standard InChI is InChI=1S/C14H17BrN2O5/c1-6-8(15)3-11(22-6)14(19)17-10-5-21-12-9(16-7(2)18)4-20-13(10)12/h3,9-10,12-13H,4-5H2,1-2H3,(H,16,18)(H,17,19)/t9-,10-,12+,13+/m0/s1. The second kappa shape index (κ2) is 6.02. The second-order valence-corrected chi connectivity index (χ2v) is 6.35. The van der Waals surface area contributed by atoms with Gasteiger partial charge in [0.2, 0.25) is 5.91 Å². The number of hydrogen-bond acceptors (Lipinski definition) is 5. The zero-order valence-electron chi connectivity index (χ0n) is 12.2. The van der Waals surface area contributed by atoms with Crippen LogP contribution in [-0.2, 0) is 14.3 Å². The molecule has 1 aromatic rings. The van der Waals surface area contributed by atoms with Crippen LogP contribution in [0.1, 0.15) is 23.2 Å². The van der Waals surface area contributed by atoms with Crippen molar-refractivity contribution in [1.82, 2.24) is 10.6 Å². The van der Waals surface area contributed by atoms with Gasteiger partial charge in [-0.3, -0.25) is 9.59 Å². The van der Waals surface area contributed by atoms with E-state index in [0.29, 0.717) is 19.0 Å². The number of carbonyl (C=O) groups excluding carboxylic acids is 2. The van der Waals surface area contributed by atoms with Crippen molar-refractivity contribution in [2.75, 3.05) is 13.2 Å². The van der Waals surface area contributed by atoms with E-state index in [9.17, 15) is 9.59 Å². The monoisotopic (exact) mass is 372 g/mol. The van der Waals surface area contributed by atoms with Gasteiger partial charge < -0.3 is 24.5 Å². The molecule has 0 unspecified atom stereocenters. The Kier molecular flexibility index (Phi) is 4.24. The minimum atomic E-state index is -0.311. The van der Waals surface area contributed by atoms with Crippen LogP contribution in [0.5, 0.6) is 0 Å². The first-order valence-corrected chi connectivity index (χ1v) is 7.82. The molecule has 0 radical (unpaired) electrons. The van der Waals surface area contributed by atoms with Crippen LogP contribution in [0.3, 0.4) is 0 Å². The van der Waals surface area contributed by atoms with Gasteiger partial charge in [0, 0.05) is 13.0 Å². The maximum absolute atomic E-state index is 12.2. The molecule has 3 heterocycles. The van der Waals surface area contributed by atoms with Crippen LogP contribution in [0.15, 0.2) is 15.0 Å². The normalized spacial score (nSPS) is 30.1. The maximum atomic E-state index is 12.2. The molecule has 0 saturated carbocycles. The van der Waals surface area contributed by atoms with Crippen LogP contribution >= 0.6 is 15.9 Å². The fourth-order valence-corrected chi connectivity index (χ4v) is 3.11. The lowest BCUT2D eigenvalue weighted by atomic mass is 10.1. The van der Waals surface area contributed by atoms with Crippen molar-refractivity contribution in [3.05, 3.63) is 22.1 Å². The van der Waals surface area contributed by atoms with Crippen molar-refractivity contribution >= 4 is 27.7 Å². The molecule has 0 aromatic carbocycles. The van der Waals surface area contributed by atoms with Gasteiger partial charge in [0.25, 0.3) is 5.91 Å². The molecule has 7 nitrogen and oxygen atoms in total. The summed E-state index contributed by atoms with van der Waals surface area (Å²) in [6.45, 7) is 3.96. The maximum Gasteiger partial charge on any atom is 0.287 e. The molecule has 2 N–H and O–H groups in total. The van der Waals surface area contributed by atoms with E-state index >= 15 is 0 Å². The largest absolute Gasteiger partial charge is 0.455 e. The van der Waals surface area contributed by atoms with Gasteiger partial charge >= 0.3 is 0 Å². The molecule has 2 aliphatic rings. The summed E-state index contributed by atoms with van der Waals surface area (Å²) in [6, 6.07) is 1.19. The summed E-state index contributed by atoms with van der Waals surface area (Å²) in [5.74, 6) is 0.452. The summed E-state index contributed by atoms with van der Waals surface area (Å²) in [5, 5.41) is 5.67. The summed E-state index contributed by atoms with van der Waals surface area (Å²) in [4.78, 5) is 23.4. The van der Waals surface area contributed by atoms with Gasteiger partial charge in [0.15, 0.2) is 5.76 Å². The smallest absolute Gasteiger partial charge is 0.287 e. The molecule has 2 amide bonds. The molecule has 22 heavy (non-hydrogen) atoms. The average Bonchev–Trinajstić information content (AvgIpc) is 3.10. The number of rotatable bonds is 3. The lowest BCUT2D eigenvalue weighted by molar-refractivity contribution is -0.120. The van der Waals surface area contributed by atoms with Crippen molar-refractivity contribution in [3.63, 3.8) is 0 Å². The number of ether oxygens (including phenoxy) is 2. The Labute approximate surface area is 135 Å². The van der Waals surface area contributed by atoms with E-state index in [2.05, 4.69) is 26.6 Å². The van der Waals surface area contributed by atoms with E-state index in [1.165, 1.54) is 6.92 Å². The molecule has 2 fully saturated rings. The Bertz CT molecular complexity index is 583. The molecule has 4 atom stereocenters. The van der Waals surface area contributed by atoms with E-state index < -0.39 is 0 Å². The molecular weight excluding hydrogens is 356 g/mol. The first-order valence-electron chi connectivity index (χ1n) is 7.03. The number of hydrogen-bond donors (Lipinski definition) is 2. The molecule has 2 saturated heterocycles. The highest BCUT2D eigenvalue weighted by Crippen LogP contribution is 2.28. The predicted octanol–water partition coefficient (Wildman–Crippen LogP) is 0.751. The van der Waals surface area contributed by atoms with Gasteiger partial charge in [0.1, 0.15) is 18.0 Å². The summed E-state index contributed by atoms with van der Waals surface area (Å²) < 4.78 is 17.5. The second-order valence-electron chi connectivity index (χ2n) is 5.50. The molecule has 120 valence electrons. The van der Waals surface area contributed by atoms with E-state index in [1.54, 1.807) is 13.0 Å². The highest BCUT2D eigenvalue weighted by atomic mass is 79.9. The first-order chi connectivity index (χ1) is 10.5. The molecule has 0 bridgehead atoms. The number of carbonyl (C=O) groups is 2. The van der Waals surface area contributed by atoms with Crippen LogP contribution in [0.2, 0.25) is 0 Å². The molecule has 2 aliphatic heterocycles. The Hall–Kier alpha value is -1.38. The fraction of sp³-hybridized carbons (Fsp3) is 0.571. The average molecular weight is 373 g/mol. The molecule has 1 aromatic heterocycles. The Morgan fingerprint density at radius 2 is 1.77 bits per heavy atom. The Balaban J connectivity index is 1.63. The van der Waals surface area contributed by atoms with Gasteiger partial charge in [-0.25, -0.2) is 0 Å². The van der Waals surface area contributed by atoms with Crippen molar-refractivity contribution < 1.29 is 23.5 Å². The lowest BCUT2D eigenvalue weighted by Crippen LogP contribution is -2.46. The van der Waals surface area contributed by atoms with E-state index in [0.717, 1.165) is 4.47 Å². The highest BCUT2D eigenvalue weighted by molar-refractivity contribution is 9.10. The van der Waals surface area contributed by atoms with Gasteiger partial charge in [-0.1, -0.05) is 0 Å². The van der Waals surface area contributed by atoms with Crippen LogP contribution in [0.25, 0.3) is 0 Å². The number of fused-ring (bicyclic) bond motifs is 1. The number of aryl methyl sites for hydroxylation is 1. The SMILES string of the molecule is CC(=O)N[C@H]1CO[C@H]2[C@@H]1OC[C@@H]2NC(=O)c1cc(Br)c(C)o1. The van der Waals surface area contributed by atoms with Crippen LogP contribution in [0, 0.1) is 6.92 Å². The van der Waals surface area contributed by atoms with Crippen LogP contribution < -0.4 is 10.6 Å². The third-order valence-electron chi connectivity index (χ3n) is 3.84. The molecular formula is C14H17BrN2O5. The molecule has 3 rings (SSSR count). The topological polar surface area (TPSA) is 89.8 Å². The van der Waals surface area contributed by atoms with E-state index in [-0.39, 0.29) is 41.9 Å². The predicted molar refractivity (Wildman–Crippen MR) is 79.5 cm³/mol. The van der Waals surface area contributed by atoms with E-state index in [4.69, 9.17) is 13.9 Å². The number of halogens is 1. The van der Waals surface area contributed by atoms with Crippen molar-refractivity contribution in [2.24, 2.45) is 0 Å². The van der Waals surface area contributed by atoms with Gasteiger partial charge in [-0.05, 0) is 22.9 Å². The van der Waals surface area contributed by atoms with Gasteiger partial charge in [-0.2, -0.15) is 0 Å². The number of furan rings is 1. The molecule has 0 aliphatic carbocycles. The lowest BCUT2D eigenvalue weighted by Gasteiger charge is -2.17. The van der Waals surface area contributed by atoms with Gasteiger partial charge in [0.05, 0.1) is 29.8 Å². The Morgan fingerprint density at radius 1 is 1.18 bits per heavy atom. The van der Waals surface area contributed by atoms with Crippen molar-refractivity contribution in [1.29, 1.82) is 0 Å². The van der Waals surface area contributed by atoms with E-state index in [1.807, 2.05) is 0 Å². The zero-order chi connectivity index (χ0) is 15.9. The molecule has 0 spiro atoms. The first kappa shape index (κ1) is 15.5. The van der Waals surface area contributed by atoms with Crippen molar-refractivity contribution in [2.45, 2.75) is 38.1 Å². The fourth-order valence-electron chi connectivity index (χ4n) is 2.82. The van der Waals surface area contributed by atoms with Crippen molar-refractivity contribution in [3.8, 4) is 0 Å². The number of nitrogens with one attached hydrogen (secondary N) is 2. The Morgan fingerprint density at radius 3 is 2.27 bits per heavy atom. The highest BCUT2D eigenvalue weighted by Gasteiger charge is 2.48. The van der Waals surface area contributed by atoms with Gasteiger partial charge in [-0.15, -0.1) is 0 Å². The third kappa shape index (κ3) is 2.90. The summed E-state index contributed by atoms with van der Waals surface area (Å²) in [7, 11) is 0. The third-order valence-corrected chi connectivity index (χ3v) is 4.63. The minimum absolute atomic E-state index is 0.124. The summed E-state index contributed by atoms with van der Waals surface area (Å²) in [5.41, 5.74) is 0. The van der Waals surface area contributed by atoms with Crippen LogP contribution in [0.4, 0.5) is 0 Å². The zero-order valence-corrected chi connectivity index (χ0v) is 13.8.